The number of rotatable bonds is 7. The molecule has 2 aromatic heterocycles. The van der Waals surface area contributed by atoms with Crippen LogP contribution in [0.5, 0.6) is 0 Å². The van der Waals surface area contributed by atoms with Gasteiger partial charge in [-0.3, -0.25) is 9.52 Å². The van der Waals surface area contributed by atoms with E-state index in [9.17, 15) is 31.5 Å². The summed E-state index contributed by atoms with van der Waals surface area (Å²) in [6.07, 6.45) is 1.86. The molecule has 2 N–H and O–H groups in total. The number of aliphatic carboxylic acids is 1. The highest BCUT2D eigenvalue weighted by Gasteiger charge is 2.38. The summed E-state index contributed by atoms with van der Waals surface area (Å²) in [7, 11) is -4.24. The predicted octanol–water partition coefficient (Wildman–Crippen LogP) is 6.31. The van der Waals surface area contributed by atoms with Crippen LogP contribution >= 0.6 is 0 Å². The molecule has 0 amide bonds. The molecule has 0 bridgehead atoms. The Hall–Kier alpha value is -3.67. The minimum atomic E-state index is -4.69. The molecular formula is C29H31F3N4O4S. The van der Waals surface area contributed by atoms with Crippen LogP contribution in [0.3, 0.4) is 0 Å². The molecule has 3 aromatic rings. The van der Waals surface area contributed by atoms with Gasteiger partial charge in [-0.1, -0.05) is 37.1 Å². The quantitative estimate of drug-likeness (QED) is 0.333. The molecule has 0 atom stereocenters. The highest BCUT2D eigenvalue weighted by molar-refractivity contribution is 7.92. The van der Waals surface area contributed by atoms with E-state index in [0.717, 1.165) is 37.3 Å². The summed E-state index contributed by atoms with van der Waals surface area (Å²) in [5, 5.41) is 9.48. The van der Waals surface area contributed by atoms with Crippen molar-refractivity contribution in [3.63, 3.8) is 0 Å². The summed E-state index contributed by atoms with van der Waals surface area (Å²) < 4.78 is 71.2. The first-order valence-electron chi connectivity index (χ1n) is 13.5. The van der Waals surface area contributed by atoms with Gasteiger partial charge in [0, 0.05) is 31.5 Å². The lowest BCUT2D eigenvalue weighted by molar-refractivity contribution is -0.149. The van der Waals surface area contributed by atoms with E-state index in [0.29, 0.717) is 43.5 Å². The molecule has 3 heterocycles. The van der Waals surface area contributed by atoms with Crippen LogP contribution in [0.2, 0.25) is 0 Å². The largest absolute Gasteiger partial charge is 0.481 e. The van der Waals surface area contributed by atoms with Crippen molar-refractivity contribution in [2.45, 2.75) is 62.4 Å². The first kappa shape index (κ1) is 28.8. The number of halogens is 3. The number of sulfonamides is 1. The second-order valence-electron chi connectivity index (χ2n) is 11.0. The van der Waals surface area contributed by atoms with Crippen LogP contribution in [0.25, 0.3) is 11.1 Å². The van der Waals surface area contributed by atoms with E-state index in [1.54, 1.807) is 25.1 Å². The first-order valence-corrected chi connectivity index (χ1v) is 15.0. The van der Waals surface area contributed by atoms with Gasteiger partial charge in [0.25, 0.3) is 10.0 Å². The van der Waals surface area contributed by atoms with Crippen molar-refractivity contribution in [1.29, 1.82) is 0 Å². The van der Waals surface area contributed by atoms with E-state index < -0.39 is 33.1 Å². The third-order valence-corrected chi connectivity index (χ3v) is 9.58. The Kier molecular flexibility index (Phi) is 7.71. The molecule has 0 radical (unpaired) electrons. The van der Waals surface area contributed by atoms with Crippen molar-refractivity contribution in [3.8, 4) is 11.1 Å². The zero-order valence-corrected chi connectivity index (χ0v) is 23.3. The lowest BCUT2D eigenvalue weighted by Gasteiger charge is -2.37. The van der Waals surface area contributed by atoms with Crippen LogP contribution < -0.4 is 9.62 Å². The van der Waals surface area contributed by atoms with E-state index >= 15 is 0 Å². The molecule has 2 aliphatic rings. The summed E-state index contributed by atoms with van der Waals surface area (Å²) in [5.74, 6) is -0.603. The predicted molar refractivity (Wildman–Crippen MR) is 148 cm³/mol. The number of pyridine rings is 2. The average molecular weight is 589 g/mol. The molecule has 1 saturated heterocycles. The second-order valence-corrected chi connectivity index (χ2v) is 12.7. The van der Waals surface area contributed by atoms with Gasteiger partial charge in [0.15, 0.2) is 0 Å². The van der Waals surface area contributed by atoms with Crippen LogP contribution in [0.4, 0.5) is 24.8 Å². The summed E-state index contributed by atoms with van der Waals surface area (Å²) in [5.41, 5.74) is -0.688. The molecule has 1 saturated carbocycles. The maximum absolute atomic E-state index is 14.1. The van der Waals surface area contributed by atoms with E-state index in [1.165, 1.54) is 18.3 Å². The number of hydrogen-bond donors (Lipinski definition) is 2. The fraction of sp³-hybridized carbons (Fsp3) is 0.414. The smallest absolute Gasteiger partial charge is 0.418 e. The van der Waals surface area contributed by atoms with Crippen LogP contribution in [0, 0.1) is 5.41 Å². The van der Waals surface area contributed by atoms with Crippen molar-refractivity contribution in [3.05, 3.63) is 66.0 Å². The SMILES string of the molecule is CC1(C(=O)O)CCN(c2cc(S(=O)(=O)Nc3cc(-c4ccccc4C4CCCC4)c(C(F)(F)F)cn3)ccn2)CC1. The van der Waals surface area contributed by atoms with Gasteiger partial charge in [0.2, 0.25) is 0 Å². The molecular weight excluding hydrogens is 557 g/mol. The average Bonchev–Trinajstić information content (AvgIpc) is 3.48. The third-order valence-electron chi connectivity index (χ3n) is 8.23. The standard InChI is InChI=1S/C29H31F3N4O4S/c1-28(27(37)38)11-14-36(15-12-28)26-16-20(10-13-33-26)41(39,40)35-25-17-23(24(18-34-25)29(30,31)32)22-9-5-4-8-21(22)19-6-2-3-7-19/h4-5,8-10,13,16-19H,2-3,6-7,11-12,14-15H2,1H3,(H,34,35)(H,37,38). The molecule has 41 heavy (non-hydrogen) atoms. The van der Waals surface area contributed by atoms with E-state index in [2.05, 4.69) is 14.7 Å². The number of alkyl halides is 3. The molecule has 1 aliphatic carbocycles. The number of hydrogen-bond acceptors (Lipinski definition) is 6. The van der Waals surface area contributed by atoms with Crippen molar-refractivity contribution < 1.29 is 31.5 Å². The molecule has 1 aliphatic heterocycles. The Balaban J connectivity index is 1.45. The zero-order valence-electron chi connectivity index (χ0n) is 22.5. The van der Waals surface area contributed by atoms with Crippen LogP contribution in [-0.4, -0.2) is 42.6 Å². The second kappa shape index (κ2) is 11.0. The Morgan fingerprint density at radius 3 is 2.39 bits per heavy atom. The van der Waals surface area contributed by atoms with Crippen LogP contribution in [-0.2, 0) is 21.0 Å². The fourth-order valence-electron chi connectivity index (χ4n) is 5.67. The number of carbonyl (C=O) groups is 1. The van der Waals surface area contributed by atoms with E-state index in [-0.39, 0.29) is 22.2 Å². The van der Waals surface area contributed by atoms with Gasteiger partial charge in [0.05, 0.1) is 15.9 Å². The number of benzene rings is 1. The highest BCUT2D eigenvalue weighted by Crippen LogP contribution is 2.44. The molecule has 5 rings (SSSR count). The molecule has 2 fully saturated rings. The Morgan fingerprint density at radius 1 is 1.05 bits per heavy atom. The molecule has 218 valence electrons. The van der Waals surface area contributed by atoms with Crippen molar-refractivity contribution in [1.82, 2.24) is 9.97 Å². The number of carboxylic acids is 1. The maximum Gasteiger partial charge on any atom is 0.418 e. The van der Waals surface area contributed by atoms with Crippen LogP contribution in [0.15, 0.2) is 59.8 Å². The Bertz CT molecular complexity index is 1550. The fourth-order valence-corrected chi connectivity index (χ4v) is 6.68. The number of carboxylic acid groups (broad SMARTS) is 1. The Labute approximate surface area is 236 Å². The third kappa shape index (κ3) is 6.02. The van der Waals surface area contributed by atoms with Crippen molar-refractivity contribution in [2.75, 3.05) is 22.7 Å². The minimum Gasteiger partial charge on any atom is -0.481 e. The number of aromatic nitrogens is 2. The minimum absolute atomic E-state index is 0.127. The first-order chi connectivity index (χ1) is 19.4. The molecule has 1 aromatic carbocycles. The molecule has 12 heteroatoms. The van der Waals surface area contributed by atoms with Gasteiger partial charge >= 0.3 is 12.1 Å². The summed E-state index contributed by atoms with van der Waals surface area (Å²) in [4.78, 5) is 21.3. The molecule has 8 nitrogen and oxygen atoms in total. The summed E-state index contributed by atoms with van der Waals surface area (Å²) >= 11 is 0. The van der Waals surface area contributed by atoms with Gasteiger partial charge in [-0.25, -0.2) is 18.4 Å². The van der Waals surface area contributed by atoms with E-state index in [4.69, 9.17) is 0 Å². The number of nitrogens with zero attached hydrogens (tertiary/aromatic N) is 3. The van der Waals surface area contributed by atoms with Gasteiger partial charge < -0.3 is 10.0 Å². The highest BCUT2D eigenvalue weighted by atomic mass is 32.2. The molecule has 0 unspecified atom stereocenters. The monoisotopic (exact) mass is 588 g/mol. The maximum atomic E-state index is 14.1. The van der Waals surface area contributed by atoms with Gasteiger partial charge in [-0.2, -0.15) is 13.2 Å². The number of piperidine rings is 1. The van der Waals surface area contributed by atoms with Gasteiger partial charge in [0.1, 0.15) is 11.6 Å². The Morgan fingerprint density at radius 2 is 1.73 bits per heavy atom. The summed E-state index contributed by atoms with van der Waals surface area (Å²) in [6.45, 7) is 2.45. The number of nitrogens with one attached hydrogen (secondary N) is 1. The lowest BCUT2D eigenvalue weighted by Crippen LogP contribution is -2.43. The topological polar surface area (TPSA) is 112 Å². The van der Waals surface area contributed by atoms with Gasteiger partial charge in [-0.15, -0.1) is 0 Å². The van der Waals surface area contributed by atoms with Crippen molar-refractivity contribution in [2.24, 2.45) is 5.41 Å². The van der Waals surface area contributed by atoms with Gasteiger partial charge in [-0.05, 0) is 67.3 Å². The lowest BCUT2D eigenvalue weighted by atomic mass is 9.80. The van der Waals surface area contributed by atoms with Crippen molar-refractivity contribution >= 4 is 27.6 Å². The van der Waals surface area contributed by atoms with E-state index in [1.807, 2.05) is 11.0 Å². The summed E-state index contributed by atoms with van der Waals surface area (Å²) in [6, 6.07) is 10.8. The van der Waals surface area contributed by atoms with Crippen LogP contribution in [0.1, 0.15) is 62.5 Å². The number of anilines is 2. The zero-order chi connectivity index (χ0) is 29.4. The molecule has 0 spiro atoms. The normalized spacial score (nSPS) is 17.9.